The number of piperazine rings is 1. The Labute approximate surface area is 248 Å². The molecule has 10 nitrogen and oxygen atoms in total. The Balaban J connectivity index is 1.35. The largest absolute Gasteiger partial charge is 0.465 e. The molecule has 0 saturated carbocycles. The van der Waals surface area contributed by atoms with Crippen molar-refractivity contribution < 1.29 is 18.3 Å². The molecule has 2 saturated heterocycles. The van der Waals surface area contributed by atoms with Crippen LogP contribution in [0, 0.1) is 5.41 Å². The monoisotopic (exact) mass is 594 g/mol. The van der Waals surface area contributed by atoms with Crippen LogP contribution in [0.15, 0.2) is 49.1 Å². The Bertz CT molecular complexity index is 1530. The minimum absolute atomic E-state index is 0.0865. The molecule has 226 valence electrons. The fourth-order valence-corrected chi connectivity index (χ4v) is 7.24. The lowest BCUT2D eigenvalue weighted by Gasteiger charge is -2.46. The molecule has 0 bridgehead atoms. The van der Waals surface area contributed by atoms with Crippen molar-refractivity contribution in [2.75, 3.05) is 43.8 Å². The molecule has 0 aliphatic carbocycles. The summed E-state index contributed by atoms with van der Waals surface area (Å²) in [7, 11) is -3.17. The Kier molecular flexibility index (Phi) is 8.73. The van der Waals surface area contributed by atoms with Crippen molar-refractivity contribution in [3.8, 4) is 11.1 Å². The molecule has 2 fully saturated rings. The number of sulfonamides is 1. The zero-order chi connectivity index (χ0) is 30.1. The van der Waals surface area contributed by atoms with Gasteiger partial charge in [0, 0.05) is 86.7 Å². The summed E-state index contributed by atoms with van der Waals surface area (Å²) in [5.41, 5.74) is 3.95. The van der Waals surface area contributed by atoms with Crippen LogP contribution in [-0.4, -0.2) is 94.3 Å². The van der Waals surface area contributed by atoms with Crippen LogP contribution in [0.25, 0.3) is 21.9 Å². The second-order valence-corrected chi connectivity index (χ2v) is 14.8. The van der Waals surface area contributed by atoms with E-state index in [0.717, 1.165) is 46.0 Å². The van der Waals surface area contributed by atoms with E-state index in [-0.39, 0.29) is 23.3 Å². The molecule has 2 aromatic heterocycles. The Morgan fingerprint density at radius 2 is 1.79 bits per heavy atom. The van der Waals surface area contributed by atoms with Gasteiger partial charge in [-0.1, -0.05) is 20.8 Å². The number of fused-ring (bicyclic) bond motifs is 1. The lowest BCUT2D eigenvalue weighted by Crippen LogP contribution is -2.59. The number of carbonyl (C=O) groups is 1. The maximum Gasteiger partial charge on any atom is 0.407 e. The number of anilines is 1. The zero-order valence-electron chi connectivity index (χ0n) is 25.0. The van der Waals surface area contributed by atoms with Gasteiger partial charge in [0.2, 0.25) is 10.0 Å². The van der Waals surface area contributed by atoms with E-state index in [0.29, 0.717) is 39.3 Å². The first kappa shape index (κ1) is 30.2. The fourth-order valence-electron chi connectivity index (χ4n) is 6.11. The number of aromatic nitrogens is 2. The number of amides is 1. The van der Waals surface area contributed by atoms with Gasteiger partial charge in [-0.2, -0.15) is 0 Å². The number of nitrogens with one attached hydrogen (secondary N) is 1. The van der Waals surface area contributed by atoms with Gasteiger partial charge in [-0.3, -0.25) is 14.9 Å². The van der Waals surface area contributed by atoms with Gasteiger partial charge in [-0.25, -0.2) is 17.5 Å². The topological polar surface area (TPSA) is 119 Å². The van der Waals surface area contributed by atoms with Crippen molar-refractivity contribution in [3.05, 3.63) is 54.6 Å². The molecular weight excluding hydrogens is 552 g/mol. The smallest absolute Gasteiger partial charge is 0.407 e. The molecule has 2 N–H and O–H groups in total. The first-order valence-electron chi connectivity index (χ1n) is 14.7. The Morgan fingerprint density at radius 3 is 2.48 bits per heavy atom. The second kappa shape index (κ2) is 12.1. The van der Waals surface area contributed by atoms with Crippen LogP contribution in [0.1, 0.15) is 46.1 Å². The summed E-state index contributed by atoms with van der Waals surface area (Å²) in [4.78, 5) is 24.7. The van der Waals surface area contributed by atoms with Crippen molar-refractivity contribution in [2.45, 2.75) is 59.2 Å². The highest BCUT2D eigenvalue weighted by atomic mass is 32.2. The van der Waals surface area contributed by atoms with E-state index in [4.69, 9.17) is 0 Å². The van der Waals surface area contributed by atoms with Gasteiger partial charge in [0.25, 0.3) is 0 Å². The summed E-state index contributed by atoms with van der Waals surface area (Å²) in [6.45, 7) is 11.6. The number of piperidine rings is 1. The molecule has 5 rings (SSSR count). The number of nitrogens with zero attached hydrogens (tertiary/aromatic N) is 5. The van der Waals surface area contributed by atoms with Gasteiger partial charge in [0.15, 0.2) is 0 Å². The van der Waals surface area contributed by atoms with E-state index in [1.165, 1.54) is 0 Å². The molecule has 1 unspecified atom stereocenters. The lowest BCUT2D eigenvalue weighted by atomic mass is 9.84. The highest BCUT2D eigenvalue weighted by molar-refractivity contribution is 7.89. The third-order valence-electron chi connectivity index (χ3n) is 8.57. The quantitative estimate of drug-likeness (QED) is 0.403. The van der Waals surface area contributed by atoms with Crippen LogP contribution in [0.4, 0.5) is 10.5 Å². The number of benzene rings is 1. The van der Waals surface area contributed by atoms with Crippen LogP contribution in [0.3, 0.4) is 0 Å². The molecule has 1 amide bonds. The van der Waals surface area contributed by atoms with Gasteiger partial charge in [-0.15, -0.1) is 0 Å². The molecule has 42 heavy (non-hydrogen) atoms. The van der Waals surface area contributed by atoms with E-state index >= 15 is 0 Å². The Morgan fingerprint density at radius 1 is 1.02 bits per heavy atom. The summed E-state index contributed by atoms with van der Waals surface area (Å²) >= 11 is 0. The maximum absolute atomic E-state index is 12.3. The first-order chi connectivity index (χ1) is 19.9. The molecule has 0 spiro atoms. The van der Waals surface area contributed by atoms with Crippen LogP contribution in [0.5, 0.6) is 0 Å². The van der Waals surface area contributed by atoms with Crippen molar-refractivity contribution in [1.82, 2.24) is 24.1 Å². The summed E-state index contributed by atoms with van der Waals surface area (Å²) in [5, 5.41) is 15.5. The van der Waals surface area contributed by atoms with Crippen LogP contribution in [-0.2, 0) is 16.6 Å². The van der Waals surface area contributed by atoms with E-state index in [9.17, 15) is 18.3 Å². The van der Waals surface area contributed by atoms with Gasteiger partial charge >= 0.3 is 6.09 Å². The molecule has 1 aromatic carbocycles. The van der Waals surface area contributed by atoms with Gasteiger partial charge in [0.05, 0.1) is 11.8 Å². The predicted molar refractivity (Wildman–Crippen MR) is 166 cm³/mol. The predicted octanol–water partition coefficient (Wildman–Crippen LogP) is 4.73. The lowest BCUT2D eigenvalue weighted by molar-refractivity contribution is 0.0190. The molecule has 3 aromatic rings. The molecule has 1 atom stereocenters. The van der Waals surface area contributed by atoms with E-state index in [1.54, 1.807) is 22.3 Å². The van der Waals surface area contributed by atoms with E-state index in [1.807, 2.05) is 24.7 Å². The van der Waals surface area contributed by atoms with Crippen molar-refractivity contribution in [2.24, 2.45) is 5.41 Å². The van der Waals surface area contributed by atoms with Crippen molar-refractivity contribution >= 4 is 32.6 Å². The molecule has 4 heterocycles. The van der Waals surface area contributed by atoms with Gasteiger partial charge in [-0.05, 0) is 66.0 Å². The number of carboxylic acid groups (broad SMARTS) is 1. The fraction of sp³-hybridized carbons (Fsp3) is 0.516. The molecule has 2 aliphatic rings. The normalized spacial score (nSPS) is 19.7. The molecule has 0 radical (unpaired) electrons. The highest BCUT2D eigenvalue weighted by Gasteiger charge is 2.38. The summed E-state index contributed by atoms with van der Waals surface area (Å²) < 4.78 is 26.2. The minimum atomic E-state index is -3.17. The van der Waals surface area contributed by atoms with Crippen molar-refractivity contribution in [1.29, 1.82) is 0 Å². The average molecular weight is 595 g/mol. The molecule has 2 aliphatic heterocycles. The zero-order valence-corrected chi connectivity index (χ0v) is 25.8. The second-order valence-electron chi connectivity index (χ2n) is 12.5. The van der Waals surface area contributed by atoms with E-state index < -0.39 is 16.1 Å². The third-order valence-corrected chi connectivity index (χ3v) is 10.5. The maximum atomic E-state index is 12.3. The number of hydrogen-bond acceptors (Lipinski definition) is 7. The average Bonchev–Trinajstić information content (AvgIpc) is 2.97. The van der Waals surface area contributed by atoms with Crippen LogP contribution >= 0.6 is 0 Å². The summed E-state index contributed by atoms with van der Waals surface area (Å²) in [5.74, 6) is 0.131. The van der Waals surface area contributed by atoms with Gasteiger partial charge < -0.3 is 15.3 Å². The number of rotatable bonds is 7. The van der Waals surface area contributed by atoms with E-state index in [2.05, 4.69) is 59.2 Å². The van der Waals surface area contributed by atoms with Crippen molar-refractivity contribution in [3.63, 3.8) is 0 Å². The molecule has 11 heteroatoms. The summed E-state index contributed by atoms with van der Waals surface area (Å²) in [6, 6.07) is 8.55. The number of hydrogen-bond donors (Lipinski definition) is 2. The summed E-state index contributed by atoms with van der Waals surface area (Å²) in [6.07, 6.45) is 8.06. The minimum Gasteiger partial charge on any atom is -0.465 e. The highest BCUT2D eigenvalue weighted by Crippen LogP contribution is 2.33. The standard InChI is InChI=1S/C31H42N6O4S/c1-5-42(40,41)36-10-7-26(8-11-36)34-28-16-24(15-23-6-9-32-19-27(23)28)25-14-22(17-33-18-25)20-35-12-13-37(30(38)39)29(21-35)31(2,3)4/h6,9,14-19,26,29,34H,5,7-8,10-13,20-21H2,1-4H3,(H,38,39). The number of pyridine rings is 2. The van der Waals surface area contributed by atoms with Gasteiger partial charge in [0.1, 0.15) is 0 Å². The van der Waals surface area contributed by atoms with Crippen LogP contribution in [0.2, 0.25) is 0 Å². The first-order valence-corrected chi connectivity index (χ1v) is 16.3. The van der Waals surface area contributed by atoms with Crippen LogP contribution < -0.4 is 5.32 Å². The Hall–Kier alpha value is -3.28. The third kappa shape index (κ3) is 6.68. The molecular formula is C31H42N6O4S. The SMILES string of the molecule is CCS(=O)(=O)N1CCC(Nc2cc(-c3cncc(CN4CCN(C(=O)O)C(C(C)(C)C)C4)c3)cc3ccncc23)CC1.